The number of rotatable bonds is 7. The summed E-state index contributed by atoms with van der Waals surface area (Å²) in [4.78, 5) is 2.22. The maximum Gasteiger partial charge on any atom is 0.123 e. The number of hydrogen-bond acceptors (Lipinski definition) is 3. The minimum Gasteiger partial charge on any atom is -0.496 e. The van der Waals surface area contributed by atoms with Gasteiger partial charge < -0.3 is 9.64 Å². The molecule has 0 aliphatic rings. The first kappa shape index (κ1) is 18.3. The van der Waals surface area contributed by atoms with Crippen LogP contribution in [0.25, 0.3) is 0 Å². The lowest BCUT2D eigenvalue weighted by Crippen LogP contribution is -2.13. The molecule has 0 spiro atoms. The van der Waals surface area contributed by atoms with Crippen molar-refractivity contribution >= 4 is 22.6 Å². The number of halogens is 1. The summed E-state index contributed by atoms with van der Waals surface area (Å²) in [6.45, 7) is 6.03. The summed E-state index contributed by atoms with van der Waals surface area (Å²) in [5.41, 5.74) is 4.85. The summed E-state index contributed by atoms with van der Waals surface area (Å²) in [6, 6.07) is 6.51. The molecule has 2 rings (SSSR count). The van der Waals surface area contributed by atoms with Gasteiger partial charge in [0.05, 0.1) is 22.9 Å². The SMILES string of the molecule is COc1ccc(CCCN(C)C)cc1Cn1nc(C)c(I)c1C. The largest absolute Gasteiger partial charge is 0.496 e. The summed E-state index contributed by atoms with van der Waals surface area (Å²) in [5, 5.41) is 4.64. The molecule has 126 valence electrons. The van der Waals surface area contributed by atoms with E-state index in [0.29, 0.717) is 0 Å². The second-order valence-electron chi connectivity index (χ2n) is 6.20. The van der Waals surface area contributed by atoms with Crippen LogP contribution in [-0.4, -0.2) is 42.4 Å². The van der Waals surface area contributed by atoms with Crippen LogP contribution in [0, 0.1) is 17.4 Å². The number of nitrogens with zero attached hydrogens (tertiary/aromatic N) is 3. The molecule has 0 amide bonds. The lowest BCUT2D eigenvalue weighted by atomic mass is 10.1. The van der Waals surface area contributed by atoms with Gasteiger partial charge in [0, 0.05) is 11.3 Å². The summed E-state index contributed by atoms with van der Waals surface area (Å²) < 4.78 is 8.85. The minimum absolute atomic E-state index is 0.750. The normalized spacial score (nSPS) is 11.3. The molecule has 0 fully saturated rings. The Hall–Kier alpha value is -1.08. The molecule has 0 aliphatic heterocycles. The van der Waals surface area contributed by atoms with E-state index in [-0.39, 0.29) is 0 Å². The highest BCUT2D eigenvalue weighted by atomic mass is 127. The van der Waals surface area contributed by atoms with Gasteiger partial charge in [0.25, 0.3) is 0 Å². The summed E-state index contributed by atoms with van der Waals surface area (Å²) >= 11 is 2.36. The summed E-state index contributed by atoms with van der Waals surface area (Å²) in [7, 11) is 5.96. The first-order valence-corrected chi connectivity index (χ1v) is 9.00. The van der Waals surface area contributed by atoms with E-state index in [1.54, 1.807) is 7.11 Å². The quantitative estimate of drug-likeness (QED) is 0.632. The number of aromatic nitrogens is 2. The molecule has 0 aliphatic carbocycles. The van der Waals surface area contributed by atoms with Crippen LogP contribution in [0.3, 0.4) is 0 Å². The van der Waals surface area contributed by atoms with E-state index in [2.05, 4.69) is 83.4 Å². The second kappa shape index (κ2) is 8.15. The van der Waals surface area contributed by atoms with Crippen LogP contribution in [0.4, 0.5) is 0 Å². The third kappa shape index (κ3) is 4.70. The average molecular weight is 427 g/mol. The maximum absolute atomic E-state index is 5.54. The van der Waals surface area contributed by atoms with Crippen LogP contribution < -0.4 is 4.74 Å². The first-order chi connectivity index (χ1) is 10.9. The van der Waals surface area contributed by atoms with Gasteiger partial charge in [-0.05, 0) is 81.5 Å². The first-order valence-electron chi connectivity index (χ1n) is 7.92. The van der Waals surface area contributed by atoms with Crippen molar-refractivity contribution in [2.45, 2.75) is 33.2 Å². The topological polar surface area (TPSA) is 30.3 Å². The molecule has 0 N–H and O–H groups in total. The molecule has 5 heteroatoms. The Morgan fingerprint density at radius 1 is 1.26 bits per heavy atom. The molecule has 1 aromatic heterocycles. The van der Waals surface area contributed by atoms with Gasteiger partial charge >= 0.3 is 0 Å². The van der Waals surface area contributed by atoms with E-state index in [1.807, 2.05) is 0 Å². The number of aryl methyl sites for hydroxylation is 2. The van der Waals surface area contributed by atoms with Crippen molar-refractivity contribution in [1.82, 2.24) is 14.7 Å². The second-order valence-corrected chi connectivity index (χ2v) is 7.27. The third-order valence-corrected chi connectivity index (χ3v) is 5.59. The van der Waals surface area contributed by atoms with Crippen LogP contribution in [0.2, 0.25) is 0 Å². The molecular formula is C18H26IN3O. The fourth-order valence-corrected chi connectivity index (χ4v) is 3.09. The number of benzene rings is 1. The monoisotopic (exact) mass is 427 g/mol. The minimum atomic E-state index is 0.750. The Morgan fingerprint density at radius 3 is 2.57 bits per heavy atom. The molecule has 1 aromatic carbocycles. The van der Waals surface area contributed by atoms with E-state index in [9.17, 15) is 0 Å². The lowest BCUT2D eigenvalue weighted by Gasteiger charge is -2.13. The molecule has 0 saturated carbocycles. The van der Waals surface area contributed by atoms with Crippen LogP contribution in [-0.2, 0) is 13.0 Å². The molecule has 0 radical (unpaired) electrons. The van der Waals surface area contributed by atoms with E-state index in [1.165, 1.54) is 20.4 Å². The Kier molecular flexibility index (Phi) is 6.47. The summed E-state index contributed by atoms with van der Waals surface area (Å²) in [6.07, 6.45) is 2.25. The lowest BCUT2D eigenvalue weighted by molar-refractivity contribution is 0.399. The number of ether oxygens (including phenoxy) is 1. The van der Waals surface area contributed by atoms with Crippen LogP contribution in [0.5, 0.6) is 5.75 Å². The Balaban J connectivity index is 2.20. The summed E-state index contributed by atoms with van der Waals surface area (Å²) in [5.74, 6) is 0.934. The molecule has 0 saturated heterocycles. The smallest absolute Gasteiger partial charge is 0.123 e. The Labute approximate surface area is 153 Å². The fraction of sp³-hybridized carbons (Fsp3) is 0.500. The van der Waals surface area contributed by atoms with Crippen molar-refractivity contribution in [3.05, 3.63) is 44.3 Å². The zero-order valence-corrected chi connectivity index (χ0v) is 16.8. The molecule has 2 aromatic rings. The van der Waals surface area contributed by atoms with Crippen LogP contribution >= 0.6 is 22.6 Å². The average Bonchev–Trinajstić information content (AvgIpc) is 2.74. The highest BCUT2D eigenvalue weighted by Crippen LogP contribution is 2.24. The van der Waals surface area contributed by atoms with Crippen molar-refractivity contribution < 1.29 is 4.74 Å². The zero-order valence-electron chi connectivity index (χ0n) is 14.7. The van der Waals surface area contributed by atoms with Gasteiger partial charge in [-0.25, -0.2) is 0 Å². The van der Waals surface area contributed by atoms with Gasteiger partial charge in [-0.3, -0.25) is 4.68 Å². The molecule has 0 unspecified atom stereocenters. The third-order valence-electron chi connectivity index (χ3n) is 4.03. The molecule has 0 bridgehead atoms. The predicted octanol–water partition coefficient (Wildman–Crippen LogP) is 3.66. The fourth-order valence-electron chi connectivity index (χ4n) is 2.70. The van der Waals surface area contributed by atoms with Gasteiger partial charge in [-0.1, -0.05) is 12.1 Å². The predicted molar refractivity (Wildman–Crippen MR) is 103 cm³/mol. The molecule has 1 heterocycles. The molecule has 0 atom stereocenters. The van der Waals surface area contributed by atoms with Crippen molar-refractivity contribution in [3.63, 3.8) is 0 Å². The molecular weight excluding hydrogens is 401 g/mol. The zero-order chi connectivity index (χ0) is 17.0. The van der Waals surface area contributed by atoms with Gasteiger partial charge in [-0.2, -0.15) is 5.10 Å². The highest BCUT2D eigenvalue weighted by Gasteiger charge is 2.12. The van der Waals surface area contributed by atoms with E-state index < -0.39 is 0 Å². The van der Waals surface area contributed by atoms with Gasteiger partial charge in [0.2, 0.25) is 0 Å². The van der Waals surface area contributed by atoms with Crippen molar-refractivity contribution in [2.24, 2.45) is 0 Å². The Morgan fingerprint density at radius 2 is 2.00 bits per heavy atom. The van der Waals surface area contributed by atoms with Gasteiger partial charge in [0.1, 0.15) is 5.75 Å². The van der Waals surface area contributed by atoms with Crippen molar-refractivity contribution in [3.8, 4) is 5.75 Å². The van der Waals surface area contributed by atoms with Gasteiger partial charge in [-0.15, -0.1) is 0 Å². The molecule has 23 heavy (non-hydrogen) atoms. The van der Waals surface area contributed by atoms with Crippen LogP contribution in [0.1, 0.15) is 28.9 Å². The van der Waals surface area contributed by atoms with Gasteiger partial charge in [0.15, 0.2) is 0 Å². The van der Waals surface area contributed by atoms with E-state index >= 15 is 0 Å². The van der Waals surface area contributed by atoms with E-state index in [0.717, 1.165) is 37.4 Å². The number of hydrogen-bond donors (Lipinski definition) is 0. The number of methoxy groups -OCH3 is 1. The van der Waals surface area contributed by atoms with E-state index in [4.69, 9.17) is 4.74 Å². The standard InChI is InChI=1S/C18H26IN3O/c1-13-18(19)14(2)22(20-13)12-16-11-15(7-6-10-21(3)4)8-9-17(16)23-5/h8-9,11H,6-7,10,12H2,1-5H3. The van der Waals surface area contributed by atoms with Crippen molar-refractivity contribution in [1.29, 1.82) is 0 Å². The van der Waals surface area contributed by atoms with Crippen molar-refractivity contribution in [2.75, 3.05) is 27.7 Å². The molecule has 4 nitrogen and oxygen atoms in total. The highest BCUT2D eigenvalue weighted by molar-refractivity contribution is 14.1. The Bertz CT molecular complexity index is 665. The maximum atomic E-state index is 5.54. The van der Waals surface area contributed by atoms with Crippen LogP contribution in [0.15, 0.2) is 18.2 Å².